The number of methoxy groups -OCH3 is 1. The Bertz CT molecular complexity index is 2720. The van der Waals surface area contributed by atoms with E-state index >= 15 is 0 Å². The highest BCUT2D eigenvalue weighted by atomic mass is 35.5. The van der Waals surface area contributed by atoms with Crippen LogP contribution in [0, 0.1) is 18.3 Å². The molecule has 3 aromatic rings. The second-order valence-corrected chi connectivity index (χ2v) is 22.1. The van der Waals surface area contributed by atoms with Crippen LogP contribution in [0.25, 0.3) is 17.0 Å². The predicted molar refractivity (Wildman–Crippen MR) is 260 cm³/mol. The van der Waals surface area contributed by atoms with Gasteiger partial charge < -0.3 is 34.0 Å². The molecule has 5 aliphatic rings. The minimum Gasteiger partial charge on any atom is -0.455 e. The number of hydrogen-bond donors (Lipinski definition) is 4. The molecule has 0 bridgehead atoms. The van der Waals surface area contributed by atoms with Crippen molar-refractivity contribution in [2.45, 2.75) is 83.4 Å². The van der Waals surface area contributed by atoms with Gasteiger partial charge in [-0.15, -0.1) is 0 Å². The molecule has 0 spiro atoms. The molecule has 18 heteroatoms. The number of rotatable bonds is 16. The lowest BCUT2D eigenvalue weighted by Crippen LogP contribution is -2.47. The van der Waals surface area contributed by atoms with E-state index < -0.39 is 30.5 Å². The first-order chi connectivity index (χ1) is 31.9. The number of piperazine rings is 1. The summed E-state index contributed by atoms with van der Waals surface area (Å²) in [7, 11) is -7.42. The second kappa shape index (κ2) is 20.4. The zero-order valence-electron chi connectivity index (χ0n) is 38.4. The largest absolute Gasteiger partial charge is 0.471 e. The molecule has 8 rings (SSSR count). The van der Waals surface area contributed by atoms with Gasteiger partial charge in [0.2, 0.25) is 0 Å². The van der Waals surface area contributed by atoms with E-state index in [-0.39, 0.29) is 27.4 Å². The van der Waals surface area contributed by atoms with Crippen LogP contribution in [0.5, 0.6) is 11.5 Å². The van der Waals surface area contributed by atoms with Crippen LogP contribution in [0.4, 0.5) is 11.4 Å². The fourth-order valence-corrected chi connectivity index (χ4v) is 10.9. The highest BCUT2D eigenvalue weighted by molar-refractivity contribution is 7.90. The molecule has 3 aliphatic heterocycles. The Labute approximate surface area is 398 Å². The number of sulfonamides is 1. The summed E-state index contributed by atoms with van der Waals surface area (Å²) in [5.74, 6) is 0.253. The summed E-state index contributed by atoms with van der Waals surface area (Å²) in [5, 5.41) is 4.20. The number of hydrogen-bond acceptors (Lipinski definition) is 11. The molecule has 0 radical (unpaired) electrons. The molecule has 67 heavy (non-hydrogen) atoms. The number of anilines is 2. The third kappa shape index (κ3) is 12.3. The lowest BCUT2D eigenvalue weighted by atomic mass is 9.72. The fraction of sp³-hybridized carbons (Fsp3) is 0.429. The molecule has 1 saturated carbocycles. The highest BCUT2D eigenvalue weighted by Crippen LogP contribution is 2.44. The van der Waals surface area contributed by atoms with Crippen LogP contribution in [0.15, 0.2) is 95.7 Å². The number of allylic oxidation sites excluding steroid dienone is 1. The van der Waals surface area contributed by atoms with Gasteiger partial charge in [0.1, 0.15) is 24.1 Å². The standard InChI is InChI=1S/C49H60ClN6O9PS/c1-33-25-42(14-16-45(33)52-29-34-5-12-40(63-4)13-6-34)67(61,62)53-48(57)43-15-11-39(27-46(43)65-41-26-36-18-20-51-47(36)56(31-41)32-64-66(58,59)60)55-23-21-54(22-24-55)30-37-17-19-49(2,3)28-44(37)35-7-9-38(50)10-8-35/h7-11,14-16,18,20,25-27,31,34,40,52H,5-6,12-13,17,19,21-24,28-30,32H2,1-4H3,(H,53,57)(H2,58,59,60). The maximum atomic E-state index is 14.1. The number of carbonyl (C=O) groups excluding carboxylic acids is 1. The van der Waals surface area contributed by atoms with Gasteiger partial charge in [0.15, 0.2) is 0 Å². The van der Waals surface area contributed by atoms with Crippen molar-refractivity contribution in [2.24, 2.45) is 11.3 Å². The van der Waals surface area contributed by atoms with Crippen LogP contribution >= 0.6 is 19.4 Å². The average Bonchev–Trinajstić information content (AvgIpc) is 3.78. The molecular weight excluding hydrogens is 915 g/mol. The maximum Gasteiger partial charge on any atom is 0.471 e. The topological polar surface area (TPSA) is 185 Å². The molecule has 15 nitrogen and oxygen atoms in total. The van der Waals surface area contributed by atoms with Gasteiger partial charge in [-0.1, -0.05) is 43.2 Å². The number of nitrogens with zero attached hydrogens (tertiary/aromatic N) is 4. The Balaban J connectivity index is 1.02. The minimum atomic E-state index is -4.84. The number of phosphoric acid groups is 1. The molecule has 4 N–H and O–H groups in total. The Morgan fingerprint density at radius 1 is 0.955 bits per heavy atom. The van der Waals surface area contributed by atoms with Gasteiger partial charge in [0.05, 0.1) is 22.8 Å². The van der Waals surface area contributed by atoms with E-state index in [1.54, 1.807) is 49.6 Å². The number of carbonyl (C=O) groups is 1. The smallest absolute Gasteiger partial charge is 0.455 e. The van der Waals surface area contributed by atoms with E-state index in [1.807, 2.05) is 19.1 Å². The van der Waals surface area contributed by atoms with Crippen molar-refractivity contribution in [2.75, 3.05) is 56.6 Å². The zero-order chi connectivity index (χ0) is 47.5. The fourth-order valence-electron chi connectivity index (χ4n) is 9.46. The summed E-state index contributed by atoms with van der Waals surface area (Å²) in [4.78, 5) is 41.9. The van der Waals surface area contributed by atoms with Crippen LogP contribution in [0.2, 0.25) is 5.02 Å². The van der Waals surface area contributed by atoms with Crippen LogP contribution in [0.3, 0.4) is 0 Å². The number of benzene rings is 3. The van der Waals surface area contributed by atoms with Crippen molar-refractivity contribution < 1.29 is 41.6 Å². The molecule has 2 fully saturated rings. The van der Waals surface area contributed by atoms with Gasteiger partial charge in [-0.05, 0) is 134 Å². The first-order valence-corrected chi connectivity index (χ1v) is 26.2. The van der Waals surface area contributed by atoms with Crippen molar-refractivity contribution in [1.29, 1.82) is 0 Å². The van der Waals surface area contributed by atoms with Crippen LogP contribution < -0.4 is 19.7 Å². The number of fused-ring (bicyclic) bond motifs is 1. The molecule has 3 aromatic carbocycles. The first-order valence-electron chi connectivity index (χ1n) is 22.8. The van der Waals surface area contributed by atoms with Crippen LogP contribution in [-0.4, -0.2) is 91.0 Å². The Morgan fingerprint density at radius 2 is 1.70 bits per heavy atom. The van der Waals surface area contributed by atoms with Gasteiger partial charge in [0, 0.05) is 80.6 Å². The average molecular weight is 976 g/mol. The number of nitrogens with one attached hydrogen (secondary N) is 2. The summed E-state index contributed by atoms with van der Waals surface area (Å²) >= 11 is 6.26. The number of halogens is 1. The molecule has 0 aromatic heterocycles. The van der Waals surface area contributed by atoms with E-state index in [9.17, 15) is 27.6 Å². The Kier molecular flexibility index (Phi) is 14.9. The Morgan fingerprint density at radius 3 is 2.40 bits per heavy atom. The molecule has 2 aliphatic carbocycles. The molecule has 1 saturated heterocycles. The molecule has 358 valence electrons. The molecule has 0 atom stereocenters. The van der Waals surface area contributed by atoms with Gasteiger partial charge >= 0.3 is 7.82 Å². The van der Waals surface area contributed by atoms with Gasteiger partial charge in [-0.2, -0.15) is 0 Å². The highest BCUT2D eigenvalue weighted by Gasteiger charge is 2.31. The quantitative estimate of drug-likeness (QED) is 0.0687. The summed E-state index contributed by atoms with van der Waals surface area (Å²) in [6.45, 7) is 10.6. The van der Waals surface area contributed by atoms with Crippen molar-refractivity contribution >= 4 is 52.3 Å². The van der Waals surface area contributed by atoms with Gasteiger partial charge in [-0.3, -0.25) is 14.2 Å². The normalized spacial score (nSPS) is 19.4. The van der Waals surface area contributed by atoms with Gasteiger partial charge in [0.25, 0.3) is 15.9 Å². The number of pyridine rings is 1. The molecular formula is C49H60ClN6O9PS. The van der Waals surface area contributed by atoms with E-state index in [0.717, 1.165) is 93.1 Å². The minimum absolute atomic E-state index is 0.0372. The van der Waals surface area contributed by atoms with E-state index in [4.69, 9.17) is 25.6 Å². The number of aryl methyl sites for hydroxylation is 1. The zero-order valence-corrected chi connectivity index (χ0v) is 40.9. The SMILES string of the molecule is COC1CCC(CNc2ccc(S(=O)(=O)NC(=O)c3ccc(N4CCN(CC5=C(c6ccc(Cl)cc6)CC(C)(C)CC5)CC4)cc3Oc3cc4ccnc-4n(COP(=O)(O)O)c3)cc2C)CC1. The predicted octanol–water partition coefficient (Wildman–Crippen LogP) is 9.33. The summed E-state index contributed by atoms with van der Waals surface area (Å²) in [5.41, 5.74) is 7.14. The number of ether oxygens (including phenoxy) is 2. The molecule has 0 unspecified atom stereocenters. The van der Waals surface area contributed by atoms with E-state index in [0.29, 0.717) is 36.5 Å². The van der Waals surface area contributed by atoms with Crippen LogP contribution in [0.1, 0.15) is 80.3 Å². The van der Waals surface area contributed by atoms with Crippen LogP contribution in [-0.2, 0) is 30.6 Å². The first kappa shape index (κ1) is 48.7. The molecule has 1 amide bonds. The van der Waals surface area contributed by atoms with Crippen molar-refractivity contribution in [3.63, 3.8) is 0 Å². The Hall–Kier alpha value is -4.77. The summed E-state index contributed by atoms with van der Waals surface area (Å²) < 4.78 is 59.7. The lowest BCUT2D eigenvalue weighted by molar-refractivity contribution is 0.0585. The lowest BCUT2D eigenvalue weighted by Gasteiger charge is -2.39. The maximum absolute atomic E-state index is 14.1. The van der Waals surface area contributed by atoms with Crippen molar-refractivity contribution in [3.8, 4) is 22.9 Å². The number of aromatic nitrogens is 2. The van der Waals surface area contributed by atoms with E-state index in [1.165, 1.54) is 39.7 Å². The summed E-state index contributed by atoms with van der Waals surface area (Å²) in [6.07, 6.45) is 10.6. The number of phosphoric ester groups is 1. The second-order valence-electron chi connectivity index (χ2n) is 18.8. The summed E-state index contributed by atoms with van der Waals surface area (Å²) in [6, 6.07) is 21.3. The van der Waals surface area contributed by atoms with Gasteiger partial charge in [-0.25, -0.2) is 22.7 Å². The number of amides is 1. The van der Waals surface area contributed by atoms with E-state index in [2.05, 4.69) is 50.8 Å². The third-order valence-corrected chi connectivity index (χ3v) is 15.4. The monoisotopic (exact) mass is 974 g/mol. The van der Waals surface area contributed by atoms with Crippen molar-refractivity contribution in [3.05, 3.63) is 112 Å². The van der Waals surface area contributed by atoms with Crippen molar-refractivity contribution in [1.82, 2.24) is 19.2 Å². The third-order valence-electron chi connectivity index (χ3n) is 13.3. The molecule has 3 heterocycles.